The molecule has 0 radical (unpaired) electrons. The van der Waals surface area contributed by atoms with E-state index in [0.29, 0.717) is 29.4 Å². The topological polar surface area (TPSA) is 98.1 Å². The number of pyridine rings is 1. The van der Waals surface area contributed by atoms with E-state index in [0.717, 1.165) is 11.1 Å². The maximum atomic E-state index is 14.0. The van der Waals surface area contributed by atoms with Gasteiger partial charge in [0.1, 0.15) is 23.1 Å². The van der Waals surface area contributed by atoms with Crippen molar-refractivity contribution in [3.8, 4) is 28.1 Å². The molecule has 10 heteroatoms. The fraction of sp³-hybridized carbons (Fsp3) is 0.259. The van der Waals surface area contributed by atoms with Gasteiger partial charge < -0.3 is 10.1 Å². The Kier molecular flexibility index (Phi) is 7.60. The molecule has 0 spiro atoms. The molecular weight excluding hydrogens is 493 g/mol. The van der Waals surface area contributed by atoms with Gasteiger partial charge in [0.25, 0.3) is 0 Å². The summed E-state index contributed by atoms with van der Waals surface area (Å²) in [5, 5.41) is 7.92. The van der Waals surface area contributed by atoms with Crippen LogP contribution in [0, 0.1) is 5.82 Å². The number of aromatic nitrogens is 3. The number of anilines is 1. The average Bonchev–Trinajstić information content (AvgIpc) is 3.33. The minimum Gasteiger partial charge on any atom is -0.497 e. The smallest absolute Gasteiger partial charge is 0.240 e. The molecule has 194 valence electrons. The van der Waals surface area contributed by atoms with Crippen LogP contribution in [0.5, 0.6) is 5.75 Å². The molecule has 0 aliphatic heterocycles. The highest BCUT2D eigenvalue weighted by molar-refractivity contribution is 7.89. The van der Waals surface area contributed by atoms with Crippen LogP contribution in [0.2, 0.25) is 0 Å². The number of rotatable bonds is 9. The number of nitrogens with zero attached hydrogens (tertiary/aromatic N) is 3. The van der Waals surface area contributed by atoms with Crippen molar-refractivity contribution in [2.24, 2.45) is 0 Å². The molecular formula is C27H30FN5O3S. The first-order chi connectivity index (χ1) is 17.6. The van der Waals surface area contributed by atoms with Gasteiger partial charge in [0.05, 0.1) is 17.5 Å². The van der Waals surface area contributed by atoms with E-state index in [1.54, 1.807) is 24.4 Å². The summed E-state index contributed by atoms with van der Waals surface area (Å²) in [7, 11) is -2.13. The van der Waals surface area contributed by atoms with E-state index >= 15 is 0 Å². The molecule has 0 aliphatic carbocycles. The van der Waals surface area contributed by atoms with Crippen LogP contribution in [0.3, 0.4) is 0 Å². The Morgan fingerprint density at radius 2 is 1.76 bits per heavy atom. The van der Waals surface area contributed by atoms with Crippen LogP contribution in [0.1, 0.15) is 20.8 Å². The van der Waals surface area contributed by atoms with Crippen molar-refractivity contribution in [1.82, 2.24) is 19.5 Å². The maximum Gasteiger partial charge on any atom is 0.240 e. The lowest BCUT2D eigenvalue weighted by atomic mass is 10.0. The molecule has 4 rings (SSSR count). The van der Waals surface area contributed by atoms with E-state index in [1.165, 1.54) is 31.4 Å². The standard InChI is InChI=1S/C27H30FN5O3S/c1-27(2,3)33-18-24(26(32-33)20-6-5-7-21(28)16-20)19-12-13-29-25(17-19)30-14-15-31-37(34,35)23-10-8-22(36-4)9-11-23/h5-13,16-18,31H,14-15H2,1-4H3,(H,29,30). The summed E-state index contributed by atoms with van der Waals surface area (Å²) in [5.74, 6) is 0.831. The largest absolute Gasteiger partial charge is 0.497 e. The summed E-state index contributed by atoms with van der Waals surface area (Å²) >= 11 is 0. The SMILES string of the molecule is COc1ccc(S(=O)(=O)NCCNc2cc(-c3cn(C(C)(C)C)nc3-c3cccc(F)c3)ccn2)cc1. The van der Waals surface area contributed by atoms with Crippen molar-refractivity contribution >= 4 is 15.8 Å². The number of sulfonamides is 1. The van der Waals surface area contributed by atoms with E-state index in [9.17, 15) is 12.8 Å². The Morgan fingerprint density at radius 3 is 2.43 bits per heavy atom. The Labute approximate surface area is 216 Å². The maximum absolute atomic E-state index is 14.0. The van der Waals surface area contributed by atoms with Gasteiger partial charge in [0.2, 0.25) is 10.0 Å². The highest BCUT2D eigenvalue weighted by Gasteiger charge is 2.21. The second-order valence-electron chi connectivity index (χ2n) is 9.45. The molecule has 2 aromatic heterocycles. The van der Waals surface area contributed by atoms with Gasteiger partial charge in [-0.1, -0.05) is 12.1 Å². The number of methoxy groups -OCH3 is 1. The van der Waals surface area contributed by atoms with Crippen molar-refractivity contribution < 1.29 is 17.5 Å². The van der Waals surface area contributed by atoms with Gasteiger partial charge >= 0.3 is 0 Å². The first-order valence-electron chi connectivity index (χ1n) is 11.8. The van der Waals surface area contributed by atoms with Crippen LogP contribution in [-0.2, 0) is 15.6 Å². The third kappa shape index (κ3) is 6.33. The number of hydrogen-bond donors (Lipinski definition) is 2. The van der Waals surface area contributed by atoms with Gasteiger partial charge in [-0.15, -0.1) is 0 Å². The highest BCUT2D eigenvalue weighted by Crippen LogP contribution is 2.34. The zero-order valence-corrected chi connectivity index (χ0v) is 22.0. The Bertz CT molecular complexity index is 1480. The first kappa shape index (κ1) is 26.3. The van der Waals surface area contributed by atoms with Crippen LogP contribution in [0.15, 0.2) is 78.0 Å². The van der Waals surface area contributed by atoms with E-state index in [-0.39, 0.29) is 22.8 Å². The fourth-order valence-corrected chi connectivity index (χ4v) is 4.72. The van der Waals surface area contributed by atoms with E-state index in [2.05, 4.69) is 15.0 Å². The molecule has 0 aliphatic rings. The van der Waals surface area contributed by atoms with Crippen LogP contribution >= 0.6 is 0 Å². The zero-order chi connectivity index (χ0) is 26.6. The van der Waals surface area contributed by atoms with E-state index in [1.807, 2.05) is 49.8 Å². The number of benzene rings is 2. The summed E-state index contributed by atoms with van der Waals surface area (Å²) < 4.78 is 48.6. The van der Waals surface area contributed by atoms with Crippen LogP contribution in [-0.4, -0.2) is 43.4 Å². The monoisotopic (exact) mass is 523 g/mol. The lowest BCUT2D eigenvalue weighted by molar-refractivity contribution is 0.356. The van der Waals surface area contributed by atoms with Gasteiger partial charge in [-0.05, 0) is 74.9 Å². The molecule has 0 unspecified atom stereocenters. The lowest BCUT2D eigenvalue weighted by Gasteiger charge is -2.18. The average molecular weight is 524 g/mol. The summed E-state index contributed by atoms with van der Waals surface area (Å²) in [4.78, 5) is 4.52. The molecule has 0 saturated heterocycles. The van der Waals surface area contributed by atoms with Gasteiger partial charge in [-0.25, -0.2) is 22.5 Å². The van der Waals surface area contributed by atoms with Crippen LogP contribution < -0.4 is 14.8 Å². The molecule has 2 heterocycles. The second-order valence-corrected chi connectivity index (χ2v) is 11.2. The molecule has 0 amide bonds. The minimum atomic E-state index is -3.65. The molecule has 2 aromatic carbocycles. The summed E-state index contributed by atoms with van der Waals surface area (Å²) in [6.45, 7) is 6.63. The van der Waals surface area contributed by atoms with Crippen LogP contribution in [0.25, 0.3) is 22.4 Å². The molecule has 0 fully saturated rings. The van der Waals surface area contributed by atoms with Gasteiger partial charge in [0, 0.05) is 36.6 Å². The minimum absolute atomic E-state index is 0.161. The number of ether oxygens (including phenoxy) is 1. The number of hydrogen-bond acceptors (Lipinski definition) is 6. The van der Waals surface area contributed by atoms with Crippen molar-refractivity contribution in [2.45, 2.75) is 31.2 Å². The quantitative estimate of drug-likeness (QED) is 0.303. The highest BCUT2D eigenvalue weighted by atomic mass is 32.2. The van der Waals surface area contributed by atoms with Crippen molar-refractivity contribution in [1.29, 1.82) is 0 Å². The number of nitrogens with one attached hydrogen (secondary N) is 2. The van der Waals surface area contributed by atoms with Gasteiger partial charge in [0.15, 0.2) is 0 Å². The van der Waals surface area contributed by atoms with Crippen LogP contribution in [0.4, 0.5) is 10.2 Å². The first-order valence-corrected chi connectivity index (χ1v) is 13.3. The summed E-state index contributed by atoms with van der Waals surface area (Å²) in [6.07, 6.45) is 3.62. The number of halogens is 1. The zero-order valence-electron chi connectivity index (χ0n) is 21.2. The molecule has 2 N–H and O–H groups in total. The van der Waals surface area contributed by atoms with Crippen molar-refractivity contribution in [3.63, 3.8) is 0 Å². The lowest BCUT2D eigenvalue weighted by Crippen LogP contribution is -2.29. The van der Waals surface area contributed by atoms with Crippen molar-refractivity contribution in [2.75, 3.05) is 25.5 Å². The molecule has 0 saturated carbocycles. The third-order valence-corrected chi connectivity index (χ3v) is 7.14. The van der Waals surface area contributed by atoms with E-state index < -0.39 is 10.0 Å². The van der Waals surface area contributed by atoms with Crippen molar-refractivity contribution in [3.05, 3.63) is 78.9 Å². The normalized spacial score (nSPS) is 11.9. The third-order valence-electron chi connectivity index (χ3n) is 5.66. The fourth-order valence-electron chi connectivity index (χ4n) is 3.69. The Balaban J connectivity index is 1.50. The Hall–Kier alpha value is -3.76. The Morgan fingerprint density at radius 1 is 1.00 bits per heavy atom. The molecule has 0 atom stereocenters. The van der Waals surface area contributed by atoms with Gasteiger partial charge in [-0.2, -0.15) is 5.10 Å². The second kappa shape index (κ2) is 10.7. The van der Waals surface area contributed by atoms with E-state index in [4.69, 9.17) is 9.84 Å². The molecule has 37 heavy (non-hydrogen) atoms. The summed E-state index contributed by atoms with van der Waals surface area (Å²) in [5.41, 5.74) is 2.77. The predicted molar refractivity (Wildman–Crippen MR) is 143 cm³/mol. The molecule has 4 aromatic rings. The predicted octanol–water partition coefficient (Wildman–Crippen LogP) is 4.91. The summed E-state index contributed by atoms with van der Waals surface area (Å²) in [6, 6.07) is 16.3. The van der Waals surface area contributed by atoms with Gasteiger partial charge in [-0.3, -0.25) is 4.68 Å². The molecule has 8 nitrogen and oxygen atoms in total. The molecule has 0 bridgehead atoms.